The minimum atomic E-state index is -0.931. The highest BCUT2D eigenvalue weighted by atomic mass is 35.5. The standard InChI is InChI=1S/C13H16ClNO4/c1-15-6-10(7-15)19-13-8(4-12(16)17)3-9(14)5-11(13)18-2/h3,5,10H,4,6-7H2,1-2H3,(H,16,17). The summed E-state index contributed by atoms with van der Waals surface area (Å²) in [4.78, 5) is 13.0. The molecule has 0 aliphatic carbocycles. The number of carbonyl (C=O) groups is 1. The number of rotatable bonds is 5. The zero-order chi connectivity index (χ0) is 14.0. The highest BCUT2D eigenvalue weighted by Gasteiger charge is 2.27. The third kappa shape index (κ3) is 3.30. The summed E-state index contributed by atoms with van der Waals surface area (Å²) in [5, 5.41) is 9.38. The van der Waals surface area contributed by atoms with Crippen LogP contribution in [-0.2, 0) is 11.2 Å². The van der Waals surface area contributed by atoms with Gasteiger partial charge in [0.15, 0.2) is 11.5 Å². The van der Waals surface area contributed by atoms with Crippen LogP contribution < -0.4 is 9.47 Å². The molecule has 104 valence electrons. The third-order valence-corrected chi connectivity index (χ3v) is 3.19. The quantitative estimate of drug-likeness (QED) is 0.892. The van der Waals surface area contributed by atoms with Gasteiger partial charge < -0.3 is 14.6 Å². The predicted octanol–water partition coefficient (Wildman–Crippen LogP) is 1.67. The molecular formula is C13H16ClNO4. The molecule has 0 saturated carbocycles. The Hall–Kier alpha value is -1.46. The fourth-order valence-corrected chi connectivity index (χ4v) is 2.32. The summed E-state index contributed by atoms with van der Waals surface area (Å²) in [7, 11) is 3.51. The molecule has 1 heterocycles. The van der Waals surface area contributed by atoms with Crippen LogP contribution in [0.3, 0.4) is 0 Å². The molecule has 1 fully saturated rings. The topological polar surface area (TPSA) is 59.0 Å². The summed E-state index contributed by atoms with van der Waals surface area (Å²) in [5.41, 5.74) is 0.534. The zero-order valence-corrected chi connectivity index (χ0v) is 11.6. The minimum absolute atomic E-state index is 0.0626. The molecule has 0 amide bonds. The van der Waals surface area contributed by atoms with Gasteiger partial charge in [-0.2, -0.15) is 0 Å². The lowest BCUT2D eigenvalue weighted by atomic mass is 10.1. The number of carboxylic acids is 1. The van der Waals surface area contributed by atoms with Crippen molar-refractivity contribution < 1.29 is 19.4 Å². The number of aliphatic carboxylic acids is 1. The van der Waals surface area contributed by atoms with Crippen LogP contribution in [0.25, 0.3) is 0 Å². The van der Waals surface area contributed by atoms with Crippen molar-refractivity contribution in [3.05, 3.63) is 22.7 Å². The summed E-state index contributed by atoms with van der Waals surface area (Å²) in [5.74, 6) is 0.0191. The Bertz CT molecular complexity index is 486. The number of likely N-dealkylation sites (N-methyl/N-ethyl adjacent to an activating group) is 1. The highest BCUT2D eigenvalue weighted by molar-refractivity contribution is 6.30. The molecule has 0 aromatic heterocycles. The normalized spacial score (nSPS) is 15.9. The lowest BCUT2D eigenvalue weighted by Gasteiger charge is -2.36. The molecule has 1 saturated heterocycles. The summed E-state index contributed by atoms with van der Waals surface area (Å²) < 4.78 is 11.1. The van der Waals surface area contributed by atoms with Crippen LogP contribution in [0.2, 0.25) is 5.02 Å². The molecule has 0 radical (unpaired) electrons. The van der Waals surface area contributed by atoms with Crippen LogP contribution in [0.1, 0.15) is 5.56 Å². The first-order valence-corrected chi connectivity index (χ1v) is 6.30. The predicted molar refractivity (Wildman–Crippen MR) is 71.3 cm³/mol. The summed E-state index contributed by atoms with van der Waals surface area (Å²) in [6.07, 6.45) is -0.0814. The van der Waals surface area contributed by atoms with Crippen LogP contribution in [0.5, 0.6) is 11.5 Å². The van der Waals surface area contributed by atoms with Crippen molar-refractivity contribution in [3.8, 4) is 11.5 Å². The van der Waals surface area contributed by atoms with E-state index in [0.717, 1.165) is 13.1 Å². The minimum Gasteiger partial charge on any atom is -0.493 e. The molecule has 1 aromatic carbocycles. The van der Waals surface area contributed by atoms with E-state index in [1.54, 1.807) is 12.1 Å². The van der Waals surface area contributed by atoms with Crippen LogP contribution >= 0.6 is 11.6 Å². The first-order valence-electron chi connectivity index (χ1n) is 5.93. The van der Waals surface area contributed by atoms with E-state index in [1.165, 1.54) is 7.11 Å². The molecule has 2 rings (SSSR count). The molecule has 1 N–H and O–H groups in total. The Balaban J connectivity index is 2.28. The molecule has 19 heavy (non-hydrogen) atoms. The number of halogens is 1. The Morgan fingerprint density at radius 2 is 2.21 bits per heavy atom. The van der Waals surface area contributed by atoms with Gasteiger partial charge in [0.1, 0.15) is 6.10 Å². The fourth-order valence-electron chi connectivity index (χ4n) is 2.09. The van der Waals surface area contributed by atoms with Gasteiger partial charge in [-0.3, -0.25) is 9.69 Å². The maximum absolute atomic E-state index is 10.9. The average molecular weight is 286 g/mol. The van der Waals surface area contributed by atoms with E-state index >= 15 is 0 Å². The van der Waals surface area contributed by atoms with Crippen molar-refractivity contribution in [2.45, 2.75) is 12.5 Å². The van der Waals surface area contributed by atoms with Crippen LogP contribution in [0.15, 0.2) is 12.1 Å². The first-order chi connectivity index (χ1) is 8.99. The molecule has 0 unspecified atom stereocenters. The number of nitrogens with zero attached hydrogens (tertiary/aromatic N) is 1. The maximum atomic E-state index is 10.9. The molecule has 1 aromatic rings. The molecule has 0 atom stereocenters. The molecular weight excluding hydrogens is 270 g/mol. The first kappa shape index (κ1) is 14.0. The monoisotopic (exact) mass is 285 g/mol. The number of hydrogen-bond donors (Lipinski definition) is 1. The Labute approximate surface area is 116 Å². The van der Waals surface area contributed by atoms with Gasteiger partial charge >= 0.3 is 5.97 Å². The van der Waals surface area contributed by atoms with Gasteiger partial charge in [-0.05, 0) is 13.1 Å². The van der Waals surface area contributed by atoms with Gasteiger partial charge in [0.2, 0.25) is 0 Å². The van der Waals surface area contributed by atoms with E-state index in [0.29, 0.717) is 22.1 Å². The number of ether oxygens (including phenoxy) is 2. The van der Waals surface area contributed by atoms with E-state index in [-0.39, 0.29) is 12.5 Å². The molecule has 1 aliphatic heterocycles. The Morgan fingerprint density at radius 3 is 2.74 bits per heavy atom. The summed E-state index contributed by atoms with van der Waals surface area (Å²) in [6.45, 7) is 1.64. The highest BCUT2D eigenvalue weighted by Crippen LogP contribution is 2.36. The van der Waals surface area contributed by atoms with Crippen LogP contribution in [-0.4, -0.2) is 49.3 Å². The van der Waals surface area contributed by atoms with E-state index < -0.39 is 5.97 Å². The molecule has 6 heteroatoms. The van der Waals surface area contributed by atoms with Gasteiger partial charge in [0, 0.05) is 29.7 Å². The van der Waals surface area contributed by atoms with Gasteiger partial charge in [-0.15, -0.1) is 0 Å². The SMILES string of the molecule is COc1cc(Cl)cc(CC(=O)O)c1OC1CN(C)C1. The summed E-state index contributed by atoms with van der Waals surface area (Å²) in [6, 6.07) is 3.24. The lowest BCUT2D eigenvalue weighted by molar-refractivity contribution is -0.136. The van der Waals surface area contributed by atoms with Gasteiger partial charge in [-0.1, -0.05) is 11.6 Å². The number of benzene rings is 1. The smallest absolute Gasteiger partial charge is 0.307 e. The largest absolute Gasteiger partial charge is 0.493 e. The number of hydrogen-bond acceptors (Lipinski definition) is 4. The number of carboxylic acid groups (broad SMARTS) is 1. The average Bonchev–Trinajstić information content (AvgIpc) is 2.28. The Kier molecular flexibility index (Phi) is 4.17. The zero-order valence-electron chi connectivity index (χ0n) is 10.9. The fraction of sp³-hybridized carbons (Fsp3) is 0.462. The molecule has 0 bridgehead atoms. The van der Waals surface area contributed by atoms with Crippen LogP contribution in [0, 0.1) is 0 Å². The van der Waals surface area contributed by atoms with Crippen molar-refractivity contribution >= 4 is 17.6 Å². The van der Waals surface area contributed by atoms with E-state index in [2.05, 4.69) is 4.90 Å². The van der Waals surface area contributed by atoms with Crippen molar-refractivity contribution in [1.29, 1.82) is 0 Å². The van der Waals surface area contributed by atoms with Gasteiger partial charge in [0.25, 0.3) is 0 Å². The number of likely N-dealkylation sites (tertiary alicyclic amines) is 1. The second-order valence-corrected chi connectivity index (χ2v) is 5.06. The number of methoxy groups -OCH3 is 1. The summed E-state index contributed by atoms with van der Waals surface area (Å²) >= 11 is 5.96. The molecule has 5 nitrogen and oxygen atoms in total. The van der Waals surface area contributed by atoms with Gasteiger partial charge in [0.05, 0.1) is 13.5 Å². The van der Waals surface area contributed by atoms with Gasteiger partial charge in [-0.25, -0.2) is 0 Å². The molecule has 1 aliphatic rings. The van der Waals surface area contributed by atoms with Crippen molar-refractivity contribution in [1.82, 2.24) is 4.90 Å². The van der Waals surface area contributed by atoms with Crippen LogP contribution in [0.4, 0.5) is 0 Å². The maximum Gasteiger partial charge on any atom is 0.307 e. The van der Waals surface area contributed by atoms with E-state index in [1.807, 2.05) is 7.05 Å². The Morgan fingerprint density at radius 1 is 1.53 bits per heavy atom. The van der Waals surface area contributed by atoms with Crippen molar-refractivity contribution in [2.75, 3.05) is 27.2 Å². The van der Waals surface area contributed by atoms with E-state index in [4.69, 9.17) is 26.2 Å². The van der Waals surface area contributed by atoms with Crippen molar-refractivity contribution in [3.63, 3.8) is 0 Å². The third-order valence-electron chi connectivity index (χ3n) is 2.97. The second kappa shape index (κ2) is 5.67. The molecule has 0 spiro atoms. The van der Waals surface area contributed by atoms with E-state index in [9.17, 15) is 4.79 Å². The van der Waals surface area contributed by atoms with Crippen molar-refractivity contribution in [2.24, 2.45) is 0 Å². The second-order valence-electron chi connectivity index (χ2n) is 4.63. The lowest BCUT2D eigenvalue weighted by Crippen LogP contribution is -2.51.